The average molecular weight is 330 g/mol. The Morgan fingerprint density at radius 1 is 1.17 bits per heavy atom. The highest BCUT2D eigenvalue weighted by molar-refractivity contribution is 5.86. The first kappa shape index (κ1) is 16.4. The molecule has 0 aliphatic carbocycles. The van der Waals surface area contributed by atoms with Gasteiger partial charge in [0, 0.05) is 57.9 Å². The lowest BCUT2D eigenvalue weighted by atomic mass is 10.3. The third kappa shape index (κ3) is 3.70. The number of carboxylic acids is 1. The third-order valence-electron chi connectivity index (χ3n) is 4.19. The number of carbonyl (C=O) groups is 1. The molecular formula is C16H22N6O2. The molecule has 1 aliphatic heterocycles. The number of piperazine rings is 1. The monoisotopic (exact) mass is 330 g/mol. The minimum Gasteiger partial charge on any atom is -0.478 e. The van der Waals surface area contributed by atoms with Crippen molar-refractivity contribution in [1.29, 1.82) is 0 Å². The molecule has 0 amide bonds. The van der Waals surface area contributed by atoms with Crippen molar-refractivity contribution >= 4 is 11.9 Å². The van der Waals surface area contributed by atoms with Gasteiger partial charge in [-0.3, -0.25) is 4.90 Å². The van der Waals surface area contributed by atoms with Crippen LogP contribution in [-0.2, 0) is 13.1 Å². The van der Waals surface area contributed by atoms with Gasteiger partial charge in [-0.2, -0.15) is 0 Å². The van der Waals surface area contributed by atoms with E-state index in [1.165, 1.54) is 18.1 Å². The Kier molecular flexibility index (Phi) is 5.05. The normalized spacial score (nSPS) is 15.6. The van der Waals surface area contributed by atoms with Crippen molar-refractivity contribution in [2.24, 2.45) is 0 Å². The Bertz CT molecular complexity index is 676. The quantitative estimate of drug-likeness (QED) is 0.848. The molecule has 128 valence electrons. The number of anilines is 1. The maximum Gasteiger partial charge on any atom is 0.338 e. The number of aromatic nitrogens is 4. The molecule has 24 heavy (non-hydrogen) atoms. The van der Waals surface area contributed by atoms with Crippen LogP contribution >= 0.6 is 0 Å². The zero-order valence-corrected chi connectivity index (χ0v) is 13.8. The van der Waals surface area contributed by atoms with Gasteiger partial charge in [0.2, 0.25) is 5.95 Å². The second-order valence-corrected chi connectivity index (χ2v) is 5.92. The van der Waals surface area contributed by atoms with Crippen LogP contribution in [0.25, 0.3) is 0 Å². The van der Waals surface area contributed by atoms with Crippen molar-refractivity contribution in [3.05, 3.63) is 36.2 Å². The van der Waals surface area contributed by atoms with Gasteiger partial charge in [-0.05, 0) is 6.42 Å². The summed E-state index contributed by atoms with van der Waals surface area (Å²) in [6.45, 7) is 7.55. The predicted octanol–water partition coefficient (Wildman–Crippen LogP) is 1.10. The standard InChI is InChI=1S/C16H22N6O2/c1-2-3-22-12-17-10-14(22)11-20-4-6-21(7-5-20)16-18-8-13(9-19-16)15(23)24/h8-10,12H,2-7,11H2,1H3,(H,23,24). The highest BCUT2D eigenvalue weighted by Gasteiger charge is 2.20. The van der Waals surface area contributed by atoms with Crippen molar-refractivity contribution in [3.63, 3.8) is 0 Å². The molecule has 1 saturated heterocycles. The fraction of sp³-hybridized carbons (Fsp3) is 0.500. The summed E-state index contributed by atoms with van der Waals surface area (Å²) in [5.41, 5.74) is 1.36. The average Bonchev–Trinajstić information content (AvgIpc) is 3.03. The number of carboxylic acid groups (broad SMARTS) is 1. The lowest BCUT2D eigenvalue weighted by Gasteiger charge is -2.34. The van der Waals surface area contributed by atoms with Crippen molar-refractivity contribution in [2.75, 3.05) is 31.1 Å². The van der Waals surface area contributed by atoms with Gasteiger partial charge >= 0.3 is 5.97 Å². The minimum absolute atomic E-state index is 0.113. The molecule has 3 rings (SSSR count). The van der Waals surface area contributed by atoms with E-state index in [9.17, 15) is 4.79 Å². The largest absolute Gasteiger partial charge is 0.478 e. The summed E-state index contributed by atoms with van der Waals surface area (Å²) >= 11 is 0. The first-order valence-electron chi connectivity index (χ1n) is 8.19. The molecule has 1 N–H and O–H groups in total. The smallest absolute Gasteiger partial charge is 0.338 e. The summed E-state index contributed by atoms with van der Waals surface area (Å²) in [6.07, 6.45) is 7.66. The molecular weight excluding hydrogens is 308 g/mol. The number of rotatable bonds is 6. The summed E-state index contributed by atoms with van der Waals surface area (Å²) in [5.74, 6) is -0.411. The molecule has 0 bridgehead atoms. The summed E-state index contributed by atoms with van der Waals surface area (Å²) in [7, 11) is 0. The molecule has 1 aliphatic rings. The molecule has 2 aromatic heterocycles. The van der Waals surface area contributed by atoms with Crippen LogP contribution in [-0.4, -0.2) is 61.7 Å². The van der Waals surface area contributed by atoms with Crippen LogP contribution in [0.2, 0.25) is 0 Å². The van der Waals surface area contributed by atoms with Crippen LogP contribution in [0.1, 0.15) is 29.4 Å². The molecule has 0 saturated carbocycles. The van der Waals surface area contributed by atoms with Gasteiger partial charge in [-0.1, -0.05) is 6.92 Å². The highest BCUT2D eigenvalue weighted by Crippen LogP contribution is 2.13. The van der Waals surface area contributed by atoms with Crippen molar-refractivity contribution < 1.29 is 9.90 Å². The molecule has 8 nitrogen and oxygen atoms in total. The van der Waals surface area contributed by atoms with E-state index in [-0.39, 0.29) is 5.56 Å². The van der Waals surface area contributed by atoms with Gasteiger partial charge in [-0.15, -0.1) is 0 Å². The third-order valence-corrected chi connectivity index (χ3v) is 4.19. The first-order chi connectivity index (χ1) is 11.7. The zero-order valence-electron chi connectivity index (χ0n) is 13.8. The number of aromatic carboxylic acids is 1. The van der Waals surface area contributed by atoms with Gasteiger partial charge in [-0.25, -0.2) is 19.7 Å². The molecule has 0 spiro atoms. The van der Waals surface area contributed by atoms with Crippen LogP contribution < -0.4 is 4.90 Å². The Hall–Kier alpha value is -2.48. The van der Waals surface area contributed by atoms with E-state index in [1.807, 2.05) is 12.5 Å². The lowest BCUT2D eigenvalue weighted by Crippen LogP contribution is -2.46. The Balaban J connectivity index is 1.55. The van der Waals surface area contributed by atoms with Crippen molar-refractivity contribution in [2.45, 2.75) is 26.4 Å². The first-order valence-corrected chi connectivity index (χ1v) is 8.19. The Labute approximate surface area is 140 Å². The van der Waals surface area contributed by atoms with Crippen LogP contribution in [0.15, 0.2) is 24.9 Å². The van der Waals surface area contributed by atoms with E-state index in [2.05, 4.69) is 36.2 Å². The lowest BCUT2D eigenvalue weighted by molar-refractivity contribution is 0.0696. The van der Waals surface area contributed by atoms with Crippen LogP contribution in [0.3, 0.4) is 0 Å². The minimum atomic E-state index is -1.00. The maximum atomic E-state index is 10.8. The molecule has 2 aromatic rings. The predicted molar refractivity (Wildman–Crippen MR) is 89.0 cm³/mol. The second-order valence-electron chi connectivity index (χ2n) is 5.92. The number of imidazole rings is 1. The van der Waals surface area contributed by atoms with Crippen LogP contribution in [0, 0.1) is 0 Å². The zero-order chi connectivity index (χ0) is 16.9. The molecule has 1 fully saturated rings. The van der Waals surface area contributed by atoms with Gasteiger partial charge in [0.15, 0.2) is 0 Å². The molecule has 8 heteroatoms. The number of nitrogens with zero attached hydrogens (tertiary/aromatic N) is 6. The number of hydrogen-bond acceptors (Lipinski definition) is 6. The molecule has 0 aromatic carbocycles. The molecule has 0 atom stereocenters. The van der Waals surface area contributed by atoms with Crippen LogP contribution in [0.4, 0.5) is 5.95 Å². The van der Waals surface area contributed by atoms with Crippen molar-refractivity contribution in [1.82, 2.24) is 24.4 Å². The van der Waals surface area contributed by atoms with E-state index in [0.717, 1.165) is 45.7 Å². The maximum absolute atomic E-state index is 10.8. The van der Waals surface area contributed by atoms with Gasteiger partial charge in [0.25, 0.3) is 0 Å². The Morgan fingerprint density at radius 2 is 1.88 bits per heavy atom. The summed E-state index contributed by atoms with van der Waals surface area (Å²) in [6, 6.07) is 0. The summed E-state index contributed by atoms with van der Waals surface area (Å²) < 4.78 is 2.21. The van der Waals surface area contributed by atoms with Gasteiger partial charge in [0.05, 0.1) is 17.6 Å². The molecule has 3 heterocycles. The summed E-state index contributed by atoms with van der Waals surface area (Å²) in [5, 5.41) is 8.90. The number of hydrogen-bond donors (Lipinski definition) is 1. The van der Waals surface area contributed by atoms with Crippen LogP contribution in [0.5, 0.6) is 0 Å². The Morgan fingerprint density at radius 3 is 2.50 bits per heavy atom. The fourth-order valence-electron chi connectivity index (χ4n) is 2.85. The second kappa shape index (κ2) is 7.39. The fourth-order valence-corrected chi connectivity index (χ4v) is 2.85. The van der Waals surface area contributed by atoms with E-state index in [1.54, 1.807) is 0 Å². The van der Waals surface area contributed by atoms with E-state index in [0.29, 0.717) is 5.95 Å². The SMILES string of the molecule is CCCn1cncc1CN1CCN(c2ncc(C(=O)O)cn2)CC1. The van der Waals surface area contributed by atoms with Crippen molar-refractivity contribution in [3.8, 4) is 0 Å². The van der Waals surface area contributed by atoms with E-state index in [4.69, 9.17) is 5.11 Å². The number of aryl methyl sites for hydroxylation is 1. The molecule has 0 radical (unpaired) electrons. The van der Waals surface area contributed by atoms with Gasteiger partial charge < -0.3 is 14.6 Å². The summed E-state index contributed by atoms with van der Waals surface area (Å²) in [4.78, 5) is 27.9. The van der Waals surface area contributed by atoms with Gasteiger partial charge in [0.1, 0.15) is 0 Å². The van der Waals surface area contributed by atoms with E-state index >= 15 is 0 Å². The topological polar surface area (TPSA) is 87.4 Å². The highest BCUT2D eigenvalue weighted by atomic mass is 16.4. The van der Waals surface area contributed by atoms with E-state index < -0.39 is 5.97 Å². The molecule has 0 unspecified atom stereocenters.